The van der Waals surface area contributed by atoms with E-state index in [1.165, 1.54) is 0 Å². The number of ether oxygens (including phenoxy) is 1. The van der Waals surface area contributed by atoms with Crippen LogP contribution in [0.2, 0.25) is 0 Å². The van der Waals surface area contributed by atoms with Crippen molar-refractivity contribution >= 4 is 0 Å². The van der Waals surface area contributed by atoms with E-state index in [0.29, 0.717) is 17.9 Å². The Morgan fingerprint density at radius 1 is 1.47 bits per heavy atom. The van der Waals surface area contributed by atoms with Crippen LogP contribution in [0.15, 0.2) is 24.4 Å². The summed E-state index contributed by atoms with van der Waals surface area (Å²) in [5.74, 6) is 0.466. The summed E-state index contributed by atoms with van der Waals surface area (Å²) in [5.41, 5.74) is 2.72. The molecule has 1 N–H and O–H groups in total. The number of aliphatic hydroxyl groups excluding tert-OH is 1. The van der Waals surface area contributed by atoms with Gasteiger partial charge in [0.1, 0.15) is 0 Å². The van der Waals surface area contributed by atoms with Gasteiger partial charge in [-0.15, -0.1) is 0 Å². The molecule has 5 heteroatoms. The number of aryl methyl sites for hydroxylation is 2. The molecule has 0 saturated heterocycles. The molecule has 0 spiro atoms. The predicted octanol–water partition coefficient (Wildman–Crippen LogP) is 1.66. The molecule has 2 heterocycles. The number of rotatable bonds is 5. The predicted molar refractivity (Wildman–Crippen MR) is 72.0 cm³/mol. The molecular weight excluding hydrogens is 242 g/mol. The number of pyridine rings is 1. The normalized spacial score (nSPS) is 12.4. The van der Waals surface area contributed by atoms with Gasteiger partial charge in [-0.3, -0.25) is 4.68 Å². The molecule has 1 unspecified atom stereocenters. The first-order valence-corrected chi connectivity index (χ1v) is 6.34. The molecule has 0 amide bonds. The third-order valence-corrected chi connectivity index (χ3v) is 3.14. The molecule has 2 aromatic heterocycles. The second-order valence-corrected chi connectivity index (χ2v) is 4.43. The van der Waals surface area contributed by atoms with Gasteiger partial charge in [-0.2, -0.15) is 5.10 Å². The number of aromatic nitrogens is 3. The fourth-order valence-corrected chi connectivity index (χ4v) is 2.07. The van der Waals surface area contributed by atoms with Crippen molar-refractivity contribution in [3.8, 4) is 5.88 Å². The van der Waals surface area contributed by atoms with Crippen molar-refractivity contribution in [3.05, 3.63) is 41.3 Å². The van der Waals surface area contributed by atoms with Gasteiger partial charge in [0.05, 0.1) is 18.9 Å². The minimum atomic E-state index is -0.649. The first-order valence-electron chi connectivity index (χ1n) is 6.34. The topological polar surface area (TPSA) is 60.2 Å². The molecule has 102 valence electrons. The monoisotopic (exact) mass is 261 g/mol. The SMILES string of the molecule is CCc1cc(CC(O)c2cccnc2OC)n(C)n1. The van der Waals surface area contributed by atoms with Crippen molar-refractivity contribution in [2.45, 2.75) is 25.9 Å². The molecule has 0 fully saturated rings. The molecule has 0 aliphatic rings. The number of hydrogen-bond acceptors (Lipinski definition) is 4. The minimum absolute atomic E-state index is 0.466. The van der Waals surface area contributed by atoms with E-state index < -0.39 is 6.10 Å². The lowest BCUT2D eigenvalue weighted by Gasteiger charge is -2.13. The van der Waals surface area contributed by atoms with Crippen molar-refractivity contribution in [1.29, 1.82) is 0 Å². The molecule has 5 nitrogen and oxygen atoms in total. The van der Waals surface area contributed by atoms with Gasteiger partial charge >= 0.3 is 0 Å². The molecule has 0 bridgehead atoms. The Balaban J connectivity index is 2.20. The Hall–Kier alpha value is -1.88. The molecule has 2 rings (SSSR count). The van der Waals surface area contributed by atoms with Crippen LogP contribution in [0.1, 0.15) is 30.0 Å². The van der Waals surface area contributed by atoms with E-state index in [0.717, 1.165) is 17.8 Å². The highest BCUT2D eigenvalue weighted by Crippen LogP contribution is 2.25. The second-order valence-electron chi connectivity index (χ2n) is 4.43. The second kappa shape index (κ2) is 5.84. The molecule has 0 radical (unpaired) electrons. The number of methoxy groups -OCH3 is 1. The average molecular weight is 261 g/mol. The lowest BCUT2D eigenvalue weighted by atomic mass is 10.1. The maximum absolute atomic E-state index is 10.3. The van der Waals surface area contributed by atoms with Gasteiger partial charge < -0.3 is 9.84 Å². The number of nitrogens with zero attached hydrogens (tertiary/aromatic N) is 3. The van der Waals surface area contributed by atoms with Crippen LogP contribution in [0.3, 0.4) is 0 Å². The van der Waals surface area contributed by atoms with Crippen LogP contribution in [0.25, 0.3) is 0 Å². The van der Waals surface area contributed by atoms with Gasteiger partial charge in [-0.05, 0) is 24.6 Å². The standard InChI is InChI=1S/C14H19N3O2/c1-4-10-8-11(17(2)16-10)9-13(18)12-6-5-7-15-14(12)19-3/h5-8,13,18H,4,9H2,1-3H3. The maximum atomic E-state index is 10.3. The van der Waals surface area contributed by atoms with Crippen molar-refractivity contribution in [2.24, 2.45) is 7.05 Å². The van der Waals surface area contributed by atoms with E-state index in [2.05, 4.69) is 17.0 Å². The molecule has 0 aliphatic carbocycles. The van der Waals surface area contributed by atoms with Gasteiger partial charge in [0.25, 0.3) is 0 Å². The molecule has 0 aliphatic heterocycles. The van der Waals surface area contributed by atoms with Crippen LogP contribution in [0.5, 0.6) is 5.88 Å². The van der Waals surface area contributed by atoms with Crippen LogP contribution >= 0.6 is 0 Å². The molecule has 0 aromatic carbocycles. The van der Waals surface area contributed by atoms with E-state index in [-0.39, 0.29) is 0 Å². The Labute approximate surface area is 112 Å². The number of hydrogen-bond donors (Lipinski definition) is 1. The van der Waals surface area contributed by atoms with Gasteiger partial charge in [-0.1, -0.05) is 6.92 Å². The van der Waals surface area contributed by atoms with Gasteiger partial charge in [0, 0.05) is 30.9 Å². The fourth-order valence-electron chi connectivity index (χ4n) is 2.07. The van der Waals surface area contributed by atoms with Crippen LogP contribution in [-0.2, 0) is 19.9 Å². The zero-order valence-corrected chi connectivity index (χ0v) is 11.5. The van der Waals surface area contributed by atoms with Gasteiger partial charge in [-0.25, -0.2) is 4.98 Å². The first-order chi connectivity index (χ1) is 9.15. The summed E-state index contributed by atoms with van der Waals surface area (Å²) in [4.78, 5) is 4.10. The smallest absolute Gasteiger partial charge is 0.218 e. The van der Waals surface area contributed by atoms with Crippen molar-refractivity contribution in [2.75, 3.05) is 7.11 Å². The van der Waals surface area contributed by atoms with Crippen molar-refractivity contribution in [3.63, 3.8) is 0 Å². The summed E-state index contributed by atoms with van der Waals surface area (Å²) in [5, 5.41) is 14.7. The first kappa shape index (κ1) is 13.5. The van der Waals surface area contributed by atoms with E-state index in [9.17, 15) is 5.11 Å². The van der Waals surface area contributed by atoms with Gasteiger partial charge in [0.15, 0.2) is 0 Å². The summed E-state index contributed by atoms with van der Waals surface area (Å²) in [6.07, 6.45) is 2.38. The summed E-state index contributed by atoms with van der Waals surface area (Å²) >= 11 is 0. The molecule has 2 aromatic rings. The number of aliphatic hydroxyl groups is 1. The van der Waals surface area contributed by atoms with E-state index in [1.807, 2.05) is 23.9 Å². The highest BCUT2D eigenvalue weighted by Gasteiger charge is 2.16. The quantitative estimate of drug-likeness (QED) is 0.889. The Kier molecular flexibility index (Phi) is 4.16. The highest BCUT2D eigenvalue weighted by atomic mass is 16.5. The molecule has 0 saturated carbocycles. The minimum Gasteiger partial charge on any atom is -0.481 e. The molecule has 19 heavy (non-hydrogen) atoms. The highest BCUT2D eigenvalue weighted by molar-refractivity contribution is 5.29. The summed E-state index contributed by atoms with van der Waals surface area (Å²) in [7, 11) is 3.44. The zero-order chi connectivity index (χ0) is 13.8. The summed E-state index contributed by atoms with van der Waals surface area (Å²) in [6.45, 7) is 2.06. The van der Waals surface area contributed by atoms with E-state index >= 15 is 0 Å². The van der Waals surface area contributed by atoms with Crippen molar-refractivity contribution in [1.82, 2.24) is 14.8 Å². The van der Waals surface area contributed by atoms with E-state index in [4.69, 9.17) is 4.74 Å². The van der Waals surface area contributed by atoms with Gasteiger partial charge in [0.2, 0.25) is 5.88 Å². The van der Waals surface area contributed by atoms with Crippen LogP contribution in [0.4, 0.5) is 0 Å². The Morgan fingerprint density at radius 2 is 2.26 bits per heavy atom. The van der Waals surface area contributed by atoms with Crippen LogP contribution in [-0.4, -0.2) is 27.0 Å². The lowest BCUT2D eigenvalue weighted by Crippen LogP contribution is -2.08. The third-order valence-electron chi connectivity index (χ3n) is 3.14. The largest absolute Gasteiger partial charge is 0.481 e. The average Bonchev–Trinajstić information content (AvgIpc) is 2.79. The fraction of sp³-hybridized carbons (Fsp3) is 0.429. The van der Waals surface area contributed by atoms with Crippen LogP contribution in [0, 0.1) is 0 Å². The van der Waals surface area contributed by atoms with E-state index in [1.54, 1.807) is 19.4 Å². The van der Waals surface area contributed by atoms with Crippen molar-refractivity contribution < 1.29 is 9.84 Å². The Morgan fingerprint density at radius 3 is 2.89 bits per heavy atom. The summed E-state index contributed by atoms with van der Waals surface area (Å²) < 4.78 is 6.98. The van der Waals surface area contributed by atoms with Crippen LogP contribution < -0.4 is 4.74 Å². The summed E-state index contributed by atoms with van der Waals surface area (Å²) in [6, 6.07) is 5.64. The molecular formula is C14H19N3O2. The Bertz CT molecular complexity index is 551. The maximum Gasteiger partial charge on any atom is 0.218 e. The third kappa shape index (κ3) is 2.93. The molecule has 1 atom stereocenters. The lowest BCUT2D eigenvalue weighted by molar-refractivity contribution is 0.170. The zero-order valence-electron chi connectivity index (χ0n) is 11.5.